The number of amides is 1. The van der Waals surface area contributed by atoms with Gasteiger partial charge in [-0.25, -0.2) is 22.5 Å². The van der Waals surface area contributed by atoms with Crippen molar-refractivity contribution in [3.8, 4) is 0 Å². The van der Waals surface area contributed by atoms with Gasteiger partial charge in [-0.3, -0.25) is 4.79 Å². The minimum absolute atomic E-state index is 0.220. The van der Waals surface area contributed by atoms with Crippen LogP contribution in [-0.2, 0) is 26.6 Å². The summed E-state index contributed by atoms with van der Waals surface area (Å²) in [5, 5.41) is 0. The number of fused-ring (bicyclic) bond motifs is 1. The van der Waals surface area contributed by atoms with Crippen molar-refractivity contribution in [2.45, 2.75) is 75.1 Å². The molecule has 36 heavy (non-hydrogen) atoms. The van der Waals surface area contributed by atoms with Gasteiger partial charge < -0.3 is 14.2 Å². The van der Waals surface area contributed by atoms with E-state index < -0.39 is 33.7 Å². The highest BCUT2D eigenvalue weighted by Gasteiger charge is 2.48. The first kappa shape index (κ1) is 25.6. The first-order valence-electron chi connectivity index (χ1n) is 13.1. The van der Waals surface area contributed by atoms with E-state index in [0.717, 1.165) is 49.4 Å². The third-order valence-corrected chi connectivity index (χ3v) is 9.09. The Labute approximate surface area is 212 Å². The van der Waals surface area contributed by atoms with E-state index in [2.05, 4.69) is 27.9 Å². The minimum Gasteiger partial charge on any atom is -0.374 e. The van der Waals surface area contributed by atoms with E-state index in [0.29, 0.717) is 31.4 Å². The molecule has 1 saturated heterocycles. The van der Waals surface area contributed by atoms with Gasteiger partial charge >= 0.3 is 0 Å². The summed E-state index contributed by atoms with van der Waals surface area (Å²) >= 11 is 0. The summed E-state index contributed by atoms with van der Waals surface area (Å²) in [5.41, 5.74) is 1.76. The number of piperidine rings is 1. The van der Waals surface area contributed by atoms with Crippen molar-refractivity contribution < 1.29 is 22.3 Å². The second-order valence-corrected chi connectivity index (χ2v) is 12.8. The molecule has 1 amide bonds. The average molecular weight is 521 g/mol. The maximum Gasteiger partial charge on any atom is 0.260 e. The second-order valence-electron chi connectivity index (χ2n) is 11.0. The smallest absolute Gasteiger partial charge is 0.260 e. The Balaban J connectivity index is 1.18. The molecule has 1 aromatic heterocycles. The highest BCUT2D eigenvalue weighted by atomic mass is 32.2. The predicted molar refractivity (Wildman–Crippen MR) is 136 cm³/mol. The number of ether oxygens (including phenoxy) is 1. The van der Waals surface area contributed by atoms with E-state index in [9.17, 15) is 17.6 Å². The number of imidazole rings is 1. The minimum atomic E-state index is -3.43. The number of aryl methyl sites for hydroxylation is 1. The third-order valence-electron chi connectivity index (χ3n) is 8.35. The Hall–Kier alpha value is -2.04. The normalized spacial score (nSPS) is 28.7. The van der Waals surface area contributed by atoms with Crippen molar-refractivity contribution in [3.63, 3.8) is 0 Å². The van der Waals surface area contributed by atoms with Crippen molar-refractivity contribution in [3.05, 3.63) is 30.1 Å². The zero-order valence-electron chi connectivity index (χ0n) is 21.2. The summed E-state index contributed by atoms with van der Waals surface area (Å²) in [6.07, 6.45) is 8.39. The fourth-order valence-corrected chi connectivity index (χ4v) is 6.80. The highest BCUT2D eigenvalue weighted by molar-refractivity contribution is 7.88. The summed E-state index contributed by atoms with van der Waals surface area (Å²) in [7, 11) is -1.41. The molecule has 198 valence electrons. The van der Waals surface area contributed by atoms with E-state index >= 15 is 0 Å². The maximum atomic E-state index is 14.8. The van der Waals surface area contributed by atoms with Crippen LogP contribution in [0.15, 0.2) is 24.5 Å². The van der Waals surface area contributed by atoms with Gasteiger partial charge in [-0.1, -0.05) is 6.07 Å². The zero-order valence-corrected chi connectivity index (χ0v) is 22.0. The molecule has 0 spiro atoms. The second kappa shape index (κ2) is 10.0. The van der Waals surface area contributed by atoms with Gasteiger partial charge in [0.25, 0.3) is 5.91 Å². The molecular weight excluding hydrogens is 483 g/mol. The van der Waals surface area contributed by atoms with Crippen molar-refractivity contribution in [1.82, 2.24) is 19.2 Å². The molecule has 3 aliphatic rings. The molecule has 2 aromatic rings. The van der Waals surface area contributed by atoms with E-state index in [1.54, 1.807) is 0 Å². The Morgan fingerprint density at radius 1 is 1.22 bits per heavy atom. The fourth-order valence-electron chi connectivity index (χ4n) is 5.98. The van der Waals surface area contributed by atoms with E-state index in [1.165, 1.54) is 10.5 Å². The SMILES string of the molecule is Cn1cnc2ccc(C3CCC(CO[C@@H]4CN(C(=O)C5(F)CCC5)CC[C@@H]4NS(C)(=O)=O)CC3)cc21. The summed E-state index contributed by atoms with van der Waals surface area (Å²) in [5.74, 6) is 0.420. The number of hydrogen-bond acceptors (Lipinski definition) is 5. The van der Waals surface area contributed by atoms with Crippen LogP contribution in [0.3, 0.4) is 0 Å². The van der Waals surface area contributed by atoms with Crippen molar-refractivity contribution in [2.24, 2.45) is 13.0 Å². The van der Waals surface area contributed by atoms with Crippen LogP contribution in [0, 0.1) is 5.92 Å². The van der Waals surface area contributed by atoms with Crippen LogP contribution in [0.4, 0.5) is 4.39 Å². The maximum absolute atomic E-state index is 14.8. The van der Waals surface area contributed by atoms with Crippen molar-refractivity contribution in [1.29, 1.82) is 0 Å². The molecule has 0 unspecified atom stereocenters. The molecule has 2 aliphatic carbocycles. The number of nitrogens with zero attached hydrogens (tertiary/aromatic N) is 3. The summed E-state index contributed by atoms with van der Waals surface area (Å²) in [6.45, 7) is 1.07. The number of likely N-dealkylation sites (tertiary alicyclic amines) is 1. The van der Waals surface area contributed by atoms with Gasteiger partial charge in [0.15, 0.2) is 5.67 Å². The molecule has 10 heteroatoms. The Morgan fingerprint density at radius 3 is 2.64 bits per heavy atom. The average Bonchev–Trinajstić information content (AvgIpc) is 3.21. The third kappa shape index (κ3) is 5.45. The van der Waals surface area contributed by atoms with E-state index in [4.69, 9.17) is 4.74 Å². The van der Waals surface area contributed by atoms with Crippen LogP contribution in [0.2, 0.25) is 0 Å². The van der Waals surface area contributed by atoms with Gasteiger partial charge in [0, 0.05) is 26.7 Å². The molecule has 0 bridgehead atoms. The molecule has 2 saturated carbocycles. The first-order valence-corrected chi connectivity index (χ1v) is 15.0. The van der Waals surface area contributed by atoms with E-state index in [1.807, 2.05) is 17.9 Å². The topological polar surface area (TPSA) is 93.5 Å². The Bertz CT molecular complexity index is 1200. The summed E-state index contributed by atoms with van der Waals surface area (Å²) in [6, 6.07) is 6.11. The quantitative estimate of drug-likeness (QED) is 0.605. The fraction of sp³-hybridized carbons (Fsp3) is 0.692. The summed E-state index contributed by atoms with van der Waals surface area (Å²) < 4.78 is 49.6. The van der Waals surface area contributed by atoms with Crippen LogP contribution in [0.5, 0.6) is 0 Å². The van der Waals surface area contributed by atoms with Gasteiger partial charge in [-0.05, 0) is 80.9 Å². The molecule has 2 heterocycles. The van der Waals surface area contributed by atoms with Gasteiger partial charge in [-0.15, -0.1) is 0 Å². The number of nitrogens with one attached hydrogen (secondary N) is 1. The predicted octanol–water partition coefficient (Wildman–Crippen LogP) is 3.27. The van der Waals surface area contributed by atoms with Crippen LogP contribution in [0.1, 0.15) is 62.8 Å². The molecule has 2 atom stereocenters. The van der Waals surface area contributed by atoms with Gasteiger partial charge in [0.05, 0.1) is 35.8 Å². The molecule has 3 fully saturated rings. The lowest BCUT2D eigenvalue weighted by molar-refractivity contribution is -0.155. The number of rotatable bonds is 7. The lowest BCUT2D eigenvalue weighted by Gasteiger charge is -2.43. The Morgan fingerprint density at radius 2 is 1.97 bits per heavy atom. The van der Waals surface area contributed by atoms with E-state index in [-0.39, 0.29) is 19.4 Å². The Kier molecular flexibility index (Phi) is 7.13. The zero-order chi connectivity index (χ0) is 25.5. The van der Waals surface area contributed by atoms with Crippen molar-refractivity contribution in [2.75, 3.05) is 26.0 Å². The molecule has 0 radical (unpaired) electrons. The lowest BCUT2D eigenvalue weighted by atomic mass is 9.79. The van der Waals surface area contributed by atoms with Crippen LogP contribution in [-0.4, -0.2) is 72.5 Å². The van der Waals surface area contributed by atoms with Crippen LogP contribution in [0.25, 0.3) is 11.0 Å². The number of benzene rings is 1. The molecule has 1 aromatic carbocycles. The van der Waals surface area contributed by atoms with Gasteiger partial charge in [-0.2, -0.15) is 0 Å². The number of hydrogen-bond donors (Lipinski definition) is 1. The number of halogens is 1. The molecule has 1 N–H and O–H groups in total. The molecule has 8 nitrogen and oxygen atoms in total. The number of alkyl halides is 1. The number of aromatic nitrogens is 2. The standard InChI is InChI=1S/C26H37FN4O4S/c1-30-17-28-21-9-8-20(14-23(21)30)19-6-4-18(5-7-19)16-35-24-15-31(25(32)26(27)11-3-12-26)13-10-22(24)29-36(2,33)34/h8-9,14,17-19,22,24,29H,3-7,10-13,15-16H2,1-2H3/t18?,19?,22-,24+/m0/s1. The first-order chi connectivity index (χ1) is 17.1. The van der Waals surface area contributed by atoms with Crippen LogP contribution >= 0.6 is 0 Å². The molecule has 5 rings (SSSR count). The molecule has 1 aliphatic heterocycles. The summed E-state index contributed by atoms with van der Waals surface area (Å²) in [4.78, 5) is 18.7. The number of carbonyl (C=O) groups is 1. The number of carbonyl (C=O) groups excluding carboxylic acids is 1. The highest BCUT2D eigenvalue weighted by Crippen LogP contribution is 2.39. The lowest BCUT2D eigenvalue weighted by Crippen LogP contribution is -2.60. The number of sulfonamides is 1. The largest absolute Gasteiger partial charge is 0.374 e. The van der Waals surface area contributed by atoms with Gasteiger partial charge in [0.2, 0.25) is 10.0 Å². The monoisotopic (exact) mass is 520 g/mol. The van der Waals surface area contributed by atoms with Crippen LogP contribution < -0.4 is 4.72 Å². The molecular formula is C26H37FN4O4S. The van der Waals surface area contributed by atoms with Gasteiger partial charge in [0.1, 0.15) is 0 Å². The van der Waals surface area contributed by atoms with Crippen molar-refractivity contribution >= 4 is 27.0 Å².